The number of carboxylic acid groups (broad SMARTS) is 1. The van der Waals surface area contributed by atoms with Crippen molar-refractivity contribution in [1.29, 1.82) is 0 Å². The molecular weight excluding hydrogens is 294 g/mol. The molecule has 0 saturated carbocycles. The number of thiophene rings is 2. The highest BCUT2D eigenvalue weighted by Gasteiger charge is 2.17. The van der Waals surface area contributed by atoms with Gasteiger partial charge in [-0.3, -0.25) is 4.79 Å². The Kier molecular flexibility index (Phi) is 3.25. The fourth-order valence-electron chi connectivity index (χ4n) is 1.92. The van der Waals surface area contributed by atoms with Crippen molar-refractivity contribution in [3.05, 3.63) is 51.5 Å². The van der Waals surface area contributed by atoms with Gasteiger partial charge in [0.05, 0.1) is 11.3 Å². The summed E-state index contributed by atoms with van der Waals surface area (Å²) in [5.41, 5.74) is 0.899. The van der Waals surface area contributed by atoms with E-state index in [-0.39, 0.29) is 10.8 Å². The largest absolute Gasteiger partial charge is 0.477 e. The smallest absolute Gasteiger partial charge is 0.348 e. The lowest BCUT2D eigenvalue weighted by Crippen LogP contribution is -2.12. The lowest BCUT2D eigenvalue weighted by atomic mass is 10.1. The summed E-state index contributed by atoms with van der Waals surface area (Å²) in [5.74, 6) is -1.33. The van der Waals surface area contributed by atoms with Crippen LogP contribution in [-0.4, -0.2) is 17.0 Å². The first-order chi connectivity index (χ1) is 9.66. The molecule has 0 aliphatic carbocycles. The lowest BCUT2D eigenvalue weighted by molar-refractivity contribution is 0.0703. The van der Waals surface area contributed by atoms with E-state index in [1.54, 1.807) is 16.8 Å². The summed E-state index contributed by atoms with van der Waals surface area (Å²) in [4.78, 5) is 23.4. The minimum Gasteiger partial charge on any atom is -0.477 e. The van der Waals surface area contributed by atoms with Crippen LogP contribution in [0.3, 0.4) is 0 Å². The molecule has 0 aliphatic rings. The third-order valence-electron chi connectivity index (χ3n) is 2.83. The first-order valence-electron chi connectivity index (χ1n) is 5.75. The van der Waals surface area contributed by atoms with Crippen LogP contribution in [0.25, 0.3) is 10.1 Å². The number of carbonyl (C=O) groups excluding carboxylic acids is 1. The molecule has 0 atom stereocenters. The predicted molar refractivity (Wildman–Crippen MR) is 81.1 cm³/mol. The van der Waals surface area contributed by atoms with Gasteiger partial charge in [-0.25, -0.2) is 4.79 Å². The average molecular weight is 303 g/mol. The molecule has 3 rings (SSSR count). The van der Waals surface area contributed by atoms with Crippen molar-refractivity contribution in [2.24, 2.45) is 0 Å². The molecule has 4 nitrogen and oxygen atoms in total. The maximum Gasteiger partial charge on any atom is 0.348 e. The van der Waals surface area contributed by atoms with Crippen LogP contribution in [0.4, 0.5) is 5.69 Å². The van der Waals surface area contributed by atoms with Gasteiger partial charge < -0.3 is 10.4 Å². The van der Waals surface area contributed by atoms with Crippen molar-refractivity contribution in [3.63, 3.8) is 0 Å². The summed E-state index contributed by atoms with van der Waals surface area (Å²) in [6.45, 7) is 0. The number of amides is 1. The number of carboxylic acids is 1. The highest BCUT2D eigenvalue weighted by molar-refractivity contribution is 7.17. The maximum atomic E-state index is 12.3. The van der Waals surface area contributed by atoms with Crippen molar-refractivity contribution < 1.29 is 14.7 Å². The molecule has 0 radical (unpaired) electrons. The molecule has 0 fully saturated rings. The Bertz CT molecular complexity index is 803. The number of rotatable bonds is 3. The van der Waals surface area contributed by atoms with E-state index < -0.39 is 5.97 Å². The Hall–Kier alpha value is -2.18. The number of anilines is 1. The van der Waals surface area contributed by atoms with Gasteiger partial charge in [0.15, 0.2) is 0 Å². The standard InChI is InChI=1S/C14H9NO3S2/c16-13(15-10-5-6-19-12(10)14(17)18)9-7-20-11-4-2-1-3-8(9)11/h1-7H,(H,15,16)(H,17,18). The minimum atomic E-state index is -1.04. The van der Waals surface area contributed by atoms with Crippen molar-refractivity contribution in [2.75, 3.05) is 5.32 Å². The average Bonchev–Trinajstić information content (AvgIpc) is 3.04. The van der Waals surface area contributed by atoms with Gasteiger partial charge in [0.1, 0.15) is 4.88 Å². The SMILES string of the molecule is O=C(O)c1sccc1NC(=O)c1csc2ccccc12. The molecule has 20 heavy (non-hydrogen) atoms. The van der Waals surface area contributed by atoms with Gasteiger partial charge in [-0.05, 0) is 17.5 Å². The summed E-state index contributed by atoms with van der Waals surface area (Å²) in [5, 5.41) is 16.0. The molecule has 3 aromatic rings. The monoisotopic (exact) mass is 303 g/mol. The van der Waals surface area contributed by atoms with Crippen molar-refractivity contribution in [3.8, 4) is 0 Å². The Morgan fingerprint density at radius 2 is 1.90 bits per heavy atom. The Morgan fingerprint density at radius 3 is 2.70 bits per heavy atom. The number of hydrogen-bond acceptors (Lipinski definition) is 4. The van der Waals surface area contributed by atoms with Crippen LogP contribution in [0.2, 0.25) is 0 Å². The molecule has 100 valence electrons. The molecule has 1 aromatic carbocycles. The summed E-state index contributed by atoms with van der Waals surface area (Å²) in [6, 6.07) is 9.22. The lowest BCUT2D eigenvalue weighted by Gasteiger charge is -2.03. The van der Waals surface area contributed by atoms with E-state index >= 15 is 0 Å². The second-order valence-electron chi connectivity index (χ2n) is 4.07. The van der Waals surface area contributed by atoms with Crippen LogP contribution in [0.15, 0.2) is 41.1 Å². The third-order valence-corrected chi connectivity index (χ3v) is 4.70. The van der Waals surface area contributed by atoms with Crippen LogP contribution in [0, 0.1) is 0 Å². The van der Waals surface area contributed by atoms with Gasteiger partial charge in [-0.1, -0.05) is 18.2 Å². The van der Waals surface area contributed by atoms with Crippen LogP contribution >= 0.6 is 22.7 Å². The molecule has 6 heteroatoms. The second kappa shape index (κ2) is 5.07. The van der Waals surface area contributed by atoms with E-state index in [1.165, 1.54) is 11.3 Å². The number of benzene rings is 1. The van der Waals surface area contributed by atoms with E-state index in [0.717, 1.165) is 21.4 Å². The molecule has 0 bridgehead atoms. The van der Waals surface area contributed by atoms with Gasteiger partial charge in [-0.2, -0.15) is 0 Å². The normalized spacial score (nSPS) is 10.6. The number of aromatic carboxylic acids is 1. The summed E-state index contributed by atoms with van der Waals surface area (Å²) in [7, 11) is 0. The molecule has 0 aliphatic heterocycles. The van der Waals surface area contributed by atoms with Crippen LogP contribution in [0.5, 0.6) is 0 Å². The first kappa shape index (κ1) is 12.8. The van der Waals surface area contributed by atoms with E-state index in [2.05, 4.69) is 5.32 Å². The highest BCUT2D eigenvalue weighted by Crippen LogP contribution is 2.28. The van der Waals surface area contributed by atoms with Gasteiger partial charge in [0.25, 0.3) is 5.91 Å². The van der Waals surface area contributed by atoms with Crippen LogP contribution in [-0.2, 0) is 0 Å². The summed E-state index contributed by atoms with van der Waals surface area (Å²) >= 11 is 2.58. The summed E-state index contributed by atoms with van der Waals surface area (Å²) in [6.07, 6.45) is 0. The van der Waals surface area contributed by atoms with E-state index in [4.69, 9.17) is 5.11 Å². The number of hydrogen-bond donors (Lipinski definition) is 2. The van der Waals surface area contributed by atoms with E-state index in [9.17, 15) is 9.59 Å². The van der Waals surface area contributed by atoms with E-state index in [0.29, 0.717) is 11.3 Å². The summed E-state index contributed by atoms with van der Waals surface area (Å²) < 4.78 is 1.03. The molecule has 0 spiro atoms. The van der Waals surface area contributed by atoms with Gasteiger partial charge in [0.2, 0.25) is 0 Å². The van der Waals surface area contributed by atoms with Crippen LogP contribution in [0.1, 0.15) is 20.0 Å². The number of nitrogens with one attached hydrogen (secondary N) is 1. The fourth-order valence-corrected chi connectivity index (χ4v) is 3.54. The van der Waals surface area contributed by atoms with Crippen molar-refractivity contribution in [1.82, 2.24) is 0 Å². The Morgan fingerprint density at radius 1 is 1.10 bits per heavy atom. The zero-order chi connectivity index (χ0) is 14.1. The van der Waals surface area contributed by atoms with Gasteiger partial charge in [0, 0.05) is 15.5 Å². The molecule has 2 aromatic heterocycles. The minimum absolute atomic E-state index is 0.137. The molecule has 2 heterocycles. The molecule has 2 N–H and O–H groups in total. The fraction of sp³-hybridized carbons (Fsp3) is 0. The van der Waals surface area contributed by atoms with E-state index in [1.807, 2.05) is 24.3 Å². The van der Waals surface area contributed by atoms with Crippen LogP contribution < -0.4 is 5.32 Å². The van der Waals surface area contributed by atoms with Gasteiger partial charge in [-0.15, -0.1) is 22.7 Å². The van der Waals surface area contributed by atoms with Gasteiger partial charge >= 0.3 is 5.97 Å². The van der Waals surface area contributed by atoms with Crippen molar-refractivity contribution in [2.45, 2.75) is 0 Å². The number of fused-ring (bicyclic) bond motifs is 1. The zero-order valence-electron chi connectivity index (χ0n) is 10.1. The topological polar surface area (TPSA) is 66.4 Å². The molecule has 0 saturated heterocycles. The maximum absolute atomic E-state index is 12.3. The first-order valence-corrected chi connectivity index (χ1v) is 7.51. The molecule has 0 unspecified atom stereocenters. The Balaban J connectivity index is 1.93. The predicted octanol–water partition coefficient (Wildman–Crippen LogP) is 3.91. The van der Waals surface area contributed by atoms with Crippen molar-refractivity contribution >= 4 is 50.3 Å². The second-order valence-corrected chi connectivity index (χ2v) is 5.90. The third kappa shape index (κ3) is 2.19. The highest BCUT2D eigenvalue weighted by atomic mass is 32.1. The quantitative estimate of drug-likeness (QED) is 0.771. The Labute approximate surface area is 122 Å². The zero-order valence-corrected chi connectivity index (χ0v) is 11.8. The molecule has 1 amide bonds. The number of carbonyl (C=O) groups is 2. The molecular formula is C14H9NO3S2.